The summed E-state index contributed by atoms with van der Waals surface area (Å²) in [4.78, 5) is 0. The molecular formula is C15H32O2. The SMILES string of the molecule is CCCCC(CO)(CCCC)CCCCCO. The second-order valence-corrected chi connectivity index (χ2v) is 5.40. The molecule has 0 aromatic rings. The van der Waals surface area contributed by atoms with Crippen LogP contribution in [0, 0.1) is 5.41 Å². The number of hydrogen-bond donors (Lipinski definition) is 2. The standard InChI is InChI=1S/C15H32O2/c1-3-5-10-15(14-17,11-6-4-2)12-8-7-9-13-16/h16-17H,3-14H2,1-2H3. The normalized spacial score (nSPS) is 12.0. The highest BCUT2D eigenvalue weighted by Crippen LogP contribution is 2.36. The molecule has 0 aliphatic carbocycles. The summed E-state index contributed by atoms with van der Waals surface area (Å²) in [6, 6.07) is 0. The smallest absolute Gasteiger partial charge is 0.0487 e. The molecule has 2 N–H and O–H groups in total. The van der Waals surface area contributed by atoms with E-state index >= 15 is 0 Å². The summed E-state index contributed by atoms with van der Waals surface area (Å²) in [5, 5.41) is 18.5. The minimum absolute atomic E-state index is 0.168. The van der Waals surface area contributed by atoms with Gasteiger partial charge in [-0.15, -0.1) is 0 Å². The summed E-state index contributed by atoms with van der Waals surface area (Å²) in [6.45, 7) is 5.07. The van der Waals surface area contributed by atoms with Crippen molar-refractivity contribution in [2.24, 2.45) is 5.41 Å². The van der Waals surface area contributed by atoms with E-state index in [1.54, 1.807) is 0 Å². The molecule has 2 heteroatoms. The Bertz CT molecular complexity index is 149. The van der Waals surface area contributed by atoms with Crippen molar-refractivity contribution < 1.29 is 10.2 Å². The van der Waals surface area contributed by atoms with Crippen molar-refractivity contribution in [3.63, 3.8) is 0 Å². The molecule has 0 heterocycles. The third-order valence-corrected chi connectivity index (χ3v) is 3.82. The van der Waals surface area contributed by atoms with Crippen LogP contribution in [0.4, 0.5) is 0 Å². The zero-order valence-corrected chi connectivity index (χ0v) is 11.9. The van der Waals surface area contributed by atoms with Gasteiger partial charge >= 0.3 is 0 Å². The first-order valence-corrected chi connectivity index (χ1v) is 7.46. The first-order valence-electron chi connectivity index (χ1n) is 7.46. The van der Waals surface area contributed by atoms with Crippen molar-refractivity contribution in [1.29, 1.82) is 0 Å². The highest BCUT2D eigenvalue weighted by atomic mass is 16.3. The molecule has 0 aromatic carbocycles. The van der Waals surface area contributed by atoms with Gasteiger partial charge in [-0.05, 0) is 31.1 Å². The molecule has 2 nitrogen and oxygen atoms in total. The van der Waals surface area contributed by atoms with E-state index in [-0.39, 0.29) is 5.41 Å². The summed E-state index contributed by atoms with van der Waals surface area (Å²) >= 11 is 0. The zero-order valence-electron chi connectivity index (χ0n) is 11.9. The third kappa shape index (κ3) is 7.77. The fourth-order valence-electron chi connectivity index (χ4n) is 2.50. The van der Waals surface area contributed by atoms with Gasteiger partial charge in [0.05, 0.1) is 0 Å². The van der Waals surface area contributed by atoms with Crippen molar-refractivity contribution in [2.45, 2.75) is 78.1 Å². The van der Waals surface area contributed by atoms with Gasteiger partial charge in [-0.1, -0.05) is 52.4 Å². The van der Waals surface area contributed by atoms with Gasteiger partial charge in [-0.25, -0.2) is 0 Å². The highest BCUT2D eigenvalue weighted by Gasteiger charge is 2.27. The van der Waals surface area contributed by atoms with Crippen molar-refractivity contribution in [3.05, 3.63) is 0 Å². The third-order valence-electron chi connectivity index (χ3n) is 3.82. The summed E-state index contributed by atoms with van der Waals surface area (Å²) < 4.78 is 0. The topological polar surface area (TPSA) is 40.5 Å². The number of hydrogen-bond acceptors (Lipinski definition) is 2. The first kappa shape index (κ1) is 16.9. The molecule has 0 fully saturated rings. The number of aliphatic hydroxyl groups is 2. The maximum Gasteiger partial charge on any atom is 0.0487 e. The maximum atomic E-state index is 9.74. The first-order chi connectivity index (χ1) is 8.24. The van der Waals surface area contributed by atoms with E-state index in [1.807, 2.05) is 0 Å². The lowest BCUT2D eigenvalue weighted by atomic mass is 9.75. The molecule has 0 saturated carbocycles. The van der Waals surface area contributed by atoms with Gasteiger partial charge in [0.25, 0.3) is 0 Å². The van der Waals surface area contributed by atoms with E-state index in [1.165, 1.54) is 38.5 Å². The Kier molecular flexibility index (Phi) is 11.0. The van der Waals surface area contributed by atoms with Crippen LogP contribution in [0.1, 0.15) is 78.1 Å². The number of unbranched alkanes of at least 4 members (excludes halogenated alkanes) is 4. The van der Waals surface area contributed by atoms with Crippen LogP contribution in [-0.2, 0) is 0 Å². The predicted octanol–water partition coefficient (Wildman–Crippen LogP) is 3.90. The van der Waals surface area contributed by atoms with Crippen molar-refractivity contribution in [2.75, 3.05) is 13.2 Å². The Hall–Kier alpha value is -0.0800. The van der Waals surface area contributed by atoms with Crippen molar-refractivity contribution in [3.8, 4) is 0 Å². The number of aliphatic hydroxyl groups excluding tert-OH is 2. The monoisotopic (exact) mass is 244 g/mol. The Labute approximate surface area is 107 Å². The van der Waals surface area contributed by atoms with Crippen LogP contribution in [-0.4, -0.2) is 23.4 Å². The van der Waals surface area contributed by atoms with Crippen LogP contribution in [0.5, 0.6) is 0 Å². The lowest BCUT2D eigenvalue weighted by molar-refractivity contribution is 0.0864. The van der Waals surface area contributed by atoms with E-state index in [4.69, 9.17) is 5.11 Å². The maximum absolute atomic E-state index is 9.74. The summed E-state index contributed by atoms with van der Waals surface area (Å²) in [5.74, 6) is 0. The molecule has 0 atom stereocenters. The van der Waals surface area contributed by atoms with Crippen molar-refractivity contribution >= 4 is 0 Å². The molecule has 0 bridgehead atoms. The summed E-state index contributed by atoms with van der Waals surface area (Å²) in [7, 11) is 0. The molecule has 0 saturated heterocycles. The number of rotatable bonds is 12. The lowest BCUT2D eigenvalue weighted by Gasteiger charge is -2.32. The molecule has 0 aliphatic heterocycles. The largest absolute Gasteiger partial charge is 0.396 e. The lowest BCUT2D eigenvalue weighted by Crippen LogP contribution is -2.25. The van der Waals surface area contributed by atoms with Gasteiger partial charge in [0.15, 0.2) is 0 Å². The van der Waals surface area contributed by atoms with Gasteiger partial charge in [0.1, 0.15) is 0 Å². The molecule has 0 unspecified atom stereocenters. The van der Waals surface area contributed by atoms with E-state index in [2.05, 4.69) is 13.8 Å². The quantitative estimate of drug-likeness (QED) is 0.511. The van der Waals surface area contributed by atoms with Crippen LogP contribution in [0.25, 0.3) is 0 Å². The van der Waals surface area contributed by atoms with Gasteiger partial charge in [-0.2, -0.15) is 0 Å². The van der Waals surface area contributed by atoms with E-state index in [0.717, 1.165) is 25.7 Å². The second kappa shape index (κ2) is 11.0. The minimum atomic E-state index is 0.168. The Morgan fingerprint density at radius 1 is 0.706 bits per heavy atom. The molecule has 0 aromatic heterocycles. The van der Waals surface area contributed by atoms with Crippen molar-refractivity contribution in [1.82, 2.24) is 0 Å². The Balaban J connectivity index is 4.12. The van der Waals surface area contributed by atoms with Gasteiger partial charge in [0, 0.05) is 13.2 Å². The van der Waals surface area contributed by atoms with E-state index in [9.17, 15) is 5.11 Å². The predicted molar refractivity (Wildman–Crippen MR) is 74.1 cm³/mol. The fourth-order valence-corrected chi connectivity index (χ4v) is 2.50. The van der Waals surface area contributed by atoms with Crippen LogP contribution < -0.4 is 0 Å². The average Bonchev–Trinajstić information content (AvgIpc) is 2.37. The van der Waals surface area contributed by atoms with E-state index in [0.29, 0.717) is 13.2 Å². The van der Waals surface area contributed by atoms with E-state index < -0.39 is 0 Å². The molecule has 0 rings (SSSR count). The Morgan fingerprint density at radius 3 is 1.65 bits per heavy atom. The molecule has 0 spiro atoms. The minimum Gasteiger partial charge on any atom is -0.396 e. The molecular weight excluding hydrogens is 212 g/mol. The van der Waals surface area contributed by atoms with Gasteiger partial charge in [-0.3, -0.25) is 0 Å². The van der Waals surface area contributed by atoms with Gasteiger partial charge < -0.3 is 10.2 Å². The van der Waals surface area contributed by atoms with Crippen LogP contribution >= 0.6 is 0 Å². The van der Waals surface area contributed by atoms with Crippen LogP contribution in [0.2, 0.25) is 0 Å². The molecule has 0 amide bonds. The van der Waals surface area contributed by atoms with Gasteiger partial charge in [0.2, 0.25) is 0 Å². The summed E-state index contributed by atoms with van der Waals surface area (Å²) in [6.07, 6.45) is 11.5. The summed E-state index contributed by atoms with van der Waals surface area (Å²) in [5.41, 5.74) is 0.168. The second-order valence-electron chi connectivity index (χ2n) is 5.40. The highest BCUT2D eigenvalue weighted by molar-refractivity contribution is 4.78. The average molecular weight is 244 g/mol. The molecule has 104 valence electrons. The fraction of sp³-hybridized carbons (Fsp3) is 1.00. The zero-order chi connectivity index (χ0) is 13.0. The van der Waals surface area contributed by atoms with Crippen LogP contribution in [0.3, 0.4) is 0 Å². The molecule has 0 aliphatic rings. The van der Waals surface area contributed by atoms with Crippen LogP contribution in [0.15, 0.2) is 0 Å². The molecule has 17 heavy (non-hydrogen) atoms. The molecule has 0 radical (unpaired) electrons. The Morgan fingerprint density at radius 2 is 1.24 bits per heavy atom.